The van der Waals surface area contributed by atoms with E-state index in [1.54, 1.807) is 4.90 Å². The van der Waals surface area contributed by atoms with Gasteiger partial charge in [0.25, 0.3) is 0 Å². The van der Waals surface area contributed by atoms with Crippen LogP contribution in [0.15, 0.2) is 24.3 Å². The lowest BCUT2D eigenvalue weighted by Crippen LogP contribution is -2.47. The van der Waals surface area contributed by atoms with E-state index in [9.17, 15) is 9.59 Å². The first-order valence-electron chi connectivity index (χ1n) is 6.98. The largest absolute Gasteiger partial charge is 0.350 e. The van der Waals surface area contributed by atoms with Crippen molar-refractivity contribution in [2.75, 3.05) is 13.1 Å². The van der Waals surface area contributed by atoms with Gasteiger partial charge in [0.2, 0.25) is 11.8 Å². The number of amides is 2. The van der Waals surface area contributed by atoms with Crippen LogP contribution >= 0.6 is 11.6 Å². The summed E-state index contributed by atoms with van der Waals surface area (Å²) < 4.78 is 0. The minimum Gasteiger partial charge on any atom is -0.350 e. The highest BCUT2D eigenvalue weighted by Gasteiger charge is 2.18. The molecule has 0 aliphatic rings. The number of nitrogens with zero attached hydrogens (tertiary/aromatic N) is 1. The molecule has 1 aromatic rings. The molecule has 0 radical (unpaired) electrons. The van der Waals surface area contributed by atoms with Gasteiger partial charge in [0.05, 0.1) is 6.54 Å². The molecule has 0 spiro atoms. The van der Waals surface area contributed by atoms with Crippen molar-refractivity contribution in [3.05, 3.63) is 34.9 Å². The summed E-state index contributed by atoms with van der Waals surface area (Å²) in [6.07, 6.45) is 0.694. The maximum atomic E-state index is 11.9. The van der Waals surface area contributed by atoms with Crippen molar-refractivity contribution >= 4 is 23.4 Å². The number of benzene rings is 1. The van der Waals surface area contributed by atoms with Gasteiger partial charge < -0.3 is 10.2 Å². The van der Waals surface area contributed by atoms with Gasteiger partial charge in [-0.2, -0.15) is 0 Å². The van der Waals surface area contributed by atoms with Crippen LogP contribution in [-0.2, 0) is 16.0 Å². The van der Waals surface area contributed by atoms with Crippen molar-refractivity contribution < 1.29 is 9.59 Å². The fourth-order valence-electron chi connectivity index (χ4n) is 1.89. The Balaban J connectivity index is 2.56. The van der Waals surface area contributed by atoms with Gasteiger partial charge in [-0.25, -0.2) is 0 Å². The molecule has 1 rings (SSSR count). The monoisotopic (exact) mass is 310 g/mol. The Morgan fingerprint density at radius 3 is 2.24 bits per heavy atom. The summed E-state index contributed by atoms with van der Waals surface area (Å²) in [6, 6.07) is 7.49. The fraction of sp³-hybridized carbons (Fsp3) is 0.500. The highest BCUT2D eigenvalue weighted by Crippen LogP contribution is 2.10. The van der Waals surface area contributed by atoms with Crippen LogP contribution in [0.25, 0.3) is 0 Å². The van der Waals surface area contributed by atoms with Crippen molar-refractivity contribution in [1.29, 1.82) is 0 Å². The maximum absolute atomic E-state index is 11.9. The van der Waals surface area contributed by atoms with Crippen LogP contribution in [0.4, 0.5) is 0 Å². The summed E-state index contributed by atoms with van der Waals surface area (Å²) in [5, 5.41) is 3.55. The second-order valence-electron chi connectivity index (χ2n) is 6.12. The van der Waals surface area contributed by atoms with Crippen molar-refractivity contribution in [3.63, 3.8) is 0 Å². The van der Waals surface area contributed by atoms with Gasteiger partial charge in [0, 0.05) is 24.0 Å². The molecule has 5 heteroatoms. The predicted molar refractivity (Wildman–Crippen MR) is 85.3 cm³/mol. The van der Waals surface area contributed by atoms with Crippen molar-refractivity contribution in [1.82, 2.24) is 10.2 Å². The van der Waals surface area contributed by atoms with Crippen LogP contribution < -0.4 is 5.32 Å². The third-order valence-electron chi connectivity index (χ3n) is 2.88. The Labute approximate surface area is 131 Å². The van der Waals surface area contributed by atoms with Crippen molar-refractivity contribution in [2.24, 2.45) is 0 Å². The Bertz CT molecular complexity index is 492. The zero-order valence-electron chi connectivity index (χ0n) is 13.1. The zero-order valence-corrected chi connectivity index (χ0v) is 13.8. The molecular formula is C16H23ClN2O2. The highest BCUT2D eigenvalue weighted by molar-refractivity contribution is 6.30. The average Bonchev–Trinajstić information content (AvgIpc) is 2.33. The second-order valence-corrected chi connectivity index (χ2v) is 6.55. The van der Waals surface area contributed by atoms with E-state index in [1.165, 1.54) is 6.92 Å². The molecule has 0 unspecified atom stereocenters. The summed E-state index contributed by atoms with van der Waals surface area (Å²) in [5.74, 6) is -0.248. The van der Waals surface area contributed by atoms with Crippen molar-refractivity contribution in [2.45, 2.75) is 39.7 Å². The number of nitrogens with one attached hydrogen (secondary N) is 1. The standard InChI is InChI=1S/C16H23ClN2O2/c1-12(20)19(11-15(21)18-16(2,3)4)10-9-13-5-7-14(17)8-6-13/h5-8H,9-11H2,1-4H3,(H,18,21). The first-order chi connectivity index (χ1) is 9.67. The lowest BCUT2D eigenvalue weighted by Gasteiger charge is -2.25. The molecular weight excluding hydrogens is 288 g/mol. The molecule has 116 valence electrons. The topological polar surface area (TPSA) is 49.4 Å². The number of carbonyl (C=O) groups excluding carboxylic acids is 2. The minimum absolute atomic E-state index is 0.0835. The molecule has 0 fully saturated rings. The Morgan fingerprint density at radius 1 is 1.19 bits per heavy atom. The van der Waals surface area contributed by atoms with Gasteiger partial charge in [-0.05, 0) is 44.9 Å². The van der Waals surface area contributed by atoms with Crippen LogP contribution in [0.2, 0.25) is 5.02 Å². The molecule has 21 heavy (non-hydrogen) atoms. The molecule has 0 heterocycles. The van der Waals surface area contributed by atoms with E-state index in [0.717, 1.165) is 5.56 Å². The Hall–Kier alpha value is -1.55. The SMILES string of the molecule is CC(=O)N(CCc1ccc(Cl)cc1)CC(=O)NC(C)(C)C. The quantitative estimate of drug-likeness (QED) is 0.909. The summed E-state index contributed by atoms with van der Waals surface area (Å²) in [7, 11) is 0. The molecule has 0 aliphatic heterocycles. The summed E-state index contributed by atoms with van der Waals surface area (Å²) >= 11 is 5.84. The Morgan fingerprint density at radius 2 is 1.76 bits per heavy atom. The lowest BCUT2D eigenvalue weighted by molar-refractivity contribution is -0.134. The number of hydrogen-bond donors (Lipinski definition) is 1. The molecule has 0 atom stereocenters. The van der Waals surface area contributed by atoms with E-state index in [-0.39, 0.29) is 23.9 Å². The normalized spacial score (nSPS) is 11.1. The molecule has 0 saturated heterocycles. The molecule has 2 amide bonds. The van der Waals surface area contributed by atoms with Crippen LogP contribution in [-0.4, -0.2) is 35.3 Å². The van der Waals surface area contributed by atoms with E-state index in [2.05, 4.69) is 5.32 Å². The molecule has 1 N–H and O–H groups in total. The van der Waals surface area contributed by atoms with Crippen LogP contribution in [0, 0.1) is 0 Å². The zero-order chi connectivity index (χ0) is 16.0. The van der Waals surface area contributed by atoms with E-state index in [4.69, 9.17) is 11.6 Å². The first-order valence-corrected chi connectivity index (χ1v) is 7.36. The van der Waals surface area contributed by atoms with Gasteiger partial charge >= 0.3 is 0 Å². The number of halogens is 1. The average molecular weight is 311 g/mol. The molecule has 1 aromatic carbocycles. The molecule has 0 saturated carbocycles. The molecule has 0 aliphatic carbocycles. The minimum atomic E-state index is -0.296. The summed E-state index contributed by atoms with van der Waals surface area (Å²) in [6.45, 7) is 7.81. The maximum Gasteiger partial charge on any atom is 0.240 e. The van der Waals surface area contributed by atoms with Crippen molar-refractivity contribution in [3.8, 4) is 0 Å². The number of hydrogen-bond acceptors (Lipinski definition) is 2. The van der Waals surface area contributed by atoms with E-state index < -0.39 is 0 Å². The smallest absolute Gasteiger partial charge is 0.240 e. The number of carbonyl (C=O) groups is 2. The van der Waals surface area contributed by atoms with Crippen LogP contribution in [0.5, 0.6) is 0 Å². The van der Waals surface area contributed by atoms with Gasteiger partial charge in [-0.1, -0.05) is 23.7 Å². The second kappa shape index (κ2) is 7.46. The predicted octanol–water partition coefficient (Wildman–Crippen LogP) is 2.65. The third kappa shape index (κ3) is 7.14. The number of rotatable bonds is 5. The Kier molecular flexibility index (Phi) is 6.21. The van der Waals surface area contributed by atoms with Gasteiger partial charge in [-0.3, -0.25) is 9.59 Å². The van der Waals surface area contributed by atoms with E-state index in [0.29, 0.717) is 18.0 Å². The van der Waals surface area contributed by atoms with Gasteiger partial charge in [0.1, 0.15) is 0 Å². The lowest BCUT2D eigenvalue weighted by atomic mass is 10.1. The first kappa shape index (κ1) is 17.5. The third-order valence-corrected chi connectivity index (χ3v) is 3.13. The molecule has 0 bridgehead atoms. The van der Waals surface area contributed by atoms with E-state index in [1.807, 2.05) is 45.0 Å². The van der Waals surface area contributed by atoms with E-state index >= 15 is 0 Å². The van der Waals surface area contributed by atoms with Crippen LogP contribution in [0.1, 0.15) is 33.3 Å². The summed E-state index contributed by atoms with van der Waals surface area (Å²) in [4.78, 5) is 25.1. The molecule has 0 aromatic heterocycles. The summed E-state index contributed by atoms with van der Waals surface area (Å²) in [5.41, 5.74) is 0.789. The van der Waals surface area contributed by atoms with Gasteiger partial charge in [-0.15, -0.1) is 0 Å². The fourth-order valence-corrected chi connectivity index (χ4v) is 2.02. The van der Waals surface area contributed by atoms with Crippen LogP contribution in [0.3, 0.4) is 0 Å². The molecule has 4 nitrogen and oxygen atoms in total. The van der Waals surface area contributed by atoms with Gasteiger partial charge in [0.15, 0.2) is 0 Å². The highest BCUT2D eigenvalue weighted by atomic mass is 35.5.